The van der Waals surface area contributed by atoms with Crippen LogP contribution in [0.15, 0.2) is 42.6 Å². The Morgan fingerprint density at radius 3 is 2.65 bits per heavy atom. The van der Waals surface area contributed by atoms with Gasteiger partial charge in [0.2, 0.25) is 5.88 Å². The standard InChI is InChI=1S/C19H22N2O2/c22-15-17-6-2-3-7-18(17)16-8-9-19(20-14-16)23-13-12-21-10-4-1-5-11-21/h2-3,6-9,14-15H,1,4-5,10-13H2. The fraction of sp³-hybridized carbons (Fsp3) is 0.368. The van der Waals surface area contributed by atoms with Crippen LogP contribution in [0.2, 0.25) is 0 Å². The Bertz CT molecular complexity index is 634. The Morgan fingerprint density at radius 1 is 1.09 bits per heavy atom. The van der Waals surface area contributed by atoms with Crippen molar-refractivity contribution < 1.29 is 9.53 Å². The van der Waals surface area contributed by atoms with Crippen molar-refractivity contribution in [2.75, 3.05) is 26.2 Å². The molecule has 0 saturated carbocycles. The molecule has 1 fully saturated rings. The number of rotatable bonds is 6. The van der Waals surface area contributed by atoms with E-state index in [0.717, 1.165) is 24.0 Å². The first-order valence-electron chi connectivity index (χ1n) is 8.22. The molecule has 1 saturated heterocycles. The lowest BCUT2D eigenvalue weighted by Crippen LogP contribution is -2.33. The number of benzene rings is 1. The SMILES string of the molecule is O=Cc1ccccc1-c1ccc(OCCN2CCCCC2)nc1. The second-order valence-electron chi connectivity index (χ2n) is 5.84. The van der Waals surface area contributed by atoms with Crippen molar-refractivity contribution >= 4 is 6.29 Å². The van der Waals surface area contributed by atoms with E-state index in [1.165, 1.54) is 32.4 Å². The highest BCUT2D eigenvalue weighted by Gasteiger charge is 2.10. The van der Waals surface area contributed by atoms with E-state index in [9.17, 15) is 4.79 Å². The number of aldehydes is 1. The molecule has 1 aliphatic rings. The van der Waals surface area contributed by atoms with Gasteiger partial charge in [-0.1, -0.05) is 30.7 Å². The maximum atomic E-state index is 11.1. The number of carbonyl (C=O) groups is 1. The van der Waals surface area contributed by atoms with Crippen LogP contribution in [0, 0.1) is 0 Å². The zero-order chi connectivity index (χ0) is 15.9. The van der Waals surface area contributed by atoms with Gasteiger partial charge in [0.15, 0.2) is 6.29 Å². The van der Waals surface area contributed by atoms with Crippen molar-refractivity contribution in [3.05, 3.63) is 48.2 Å². The summed E-state index contributed by atoms with van der Waals surface area (Å²) < 4.78 is 5.73. The molecule has 23 heavy (non-hydrogen) atoms. The number of ether oxygens (including phenoxy) is 1. The van der Waals surface area contributed by atoms with Crippen LogP contribution >= 0.6 is 0 Å². The summed E-state index contributed by atoms with van der Waals surface area (Å²) in [6.45, 7) is 3.98. The van der Waals surface area contributed by atoms with E-state index in [1.54, 1.807) is 6.20 Å². The van der Waals surface area contributed by atoms with E-state index >= 15 is 0 Å². The molecule has 2 heterocycles. The summed E-state index contributed by atoms with van der Waals surface area (Å²) in [7, 11) is 0. The monoisotopic (exact) mass is 310 g/mol. The Morgan fingerprint density at radius 2 is 1.91 bits per heavy atom. The van der Waals surface area contributed by atoms with Gasteiger partial charge in [-0.2, -0.15) is 0 Å². The lowest BCUT2D eigenvalue weighted by atomic mass is 10.0. The molecule has 3 rings (SSSR count). The van der Waals surface area contributed by atoms with Gasteiger partial charge in [-0.3, -0.25) is 9.69 Å². The summed E-state index contributed by atoms with van der Waals surface area (Å²) in [5.41, 5.74) is 2.50. The number of piperidine rings is 1. The fourth-order valence-corrected chi connectivity index (χ4v) is 2.95. The second-order valence-corrected chi connectivity index (χ2v) is 5.84. The lowest BCUT2D eigenvalue weighted by Gasteiger charge is -2.26. The number of nitrogens with zero attached hydrogens (tertiary/aromatic N) is 2. The number of pyridine rings is 1. The summed E-state index contributed by atoms with van der Waals surface area (Å²) in [5, 5.41) is 0. The molecule has 0 spiro atoms. The molecule has 1 aromatic carbocycles. The minimum absolute atomic E-state index is 0.634. The summed E-state index contributed by atoms with van der Waals surface area (Å²) >= 11 is 0. The van der Waals surface area contributed by atoms with Crippen molar-refractivity contribution in [2.24, 2.45) is 0 Å². The Hall–Kier alpha value is -2.20. The van der Waals surface area contributed by atoms with Crippen molar-refractivity contribution in [1.82, 2.24) is 9.88 Å². The molecular weight excluding hydrogens is 288 g/mol. The van der Waals surface area contributed by atoms with E-state index in [1.807, 2.05) is 36.4 Å². The quantitative estimate of drug-likeness (QED) is 0.767. The maximum absolute atomic E-state index is 11.1. The van der Waals surface area contributed by atoms with Gasteiger partial charge < -0.3 is 4.74 Å². The van der Waals surface area contributed by atoms with Crippen molar-refractivity contribution in [3.63, 3.8) is 0 Å². The highest BCUT2D eigenvalue weighted by molar-refractivity contribution is 5.87. The van der Waals surface area contributed by atoms with Gasteiger partial charge >= 0.3 is 0 Å². The van der Waals surface area contributed by atoms with E-state index in [0.29, 0.717) is 18.1 Å². The Labute approximate surface area is 137 Å². The van der Waals surface area contributed by atoms with E-state index in [-0.39, 0.29) is 0 Å². The molecule has 0 N–H and O–H groups in total. The largest absolute Gasteiger partial charge is 0.476 e. The van der Waals surface area contributed by atoms with Gasteiger partial charge in [-0.15, -0.1) is 0 Å². The Kier molecular flexibility index (Phi) is 5.37. The molecule has 4 nitrogen and oxygen atoms in total. The molecule has 0 amide bonds. The third-order valence-corrected chi connectivity index (χ3v) is 4.24. The molecule has 1 aliphatic heterocycles. The van der Waals surface area contributed by atoms with Crippen LogP contribution in [0.1, 0.15) is 29.6 Å². The molecular formula is C19H22N2O2. The summed E-state index contributed by atoms with van der Waals surface area (Å²) in [6.07, 6.45) is 6.58. The summed E-state index contributed by atoms with van der Waals surface area (Å²) in [5.74, 6) is 0.634. The van der Waals surface area contributed by atoms with Crippen LogP contribution in [0.5, 0.6) is 5.88 Å². The first-order chi connectivity index (χ1) is 11.4. The zero-order valence-electron chi connectivity index (χ0n) is 13.3. The van der Waals surface area contributed by atoms with E-state index in [4.69, 9.17) is 4.74 Å². The molecule has 0 aliphatic carbocycles. The molecule has 4 heteroatoms. The van der Waals surface area contributed by atoms with Crippen LogP contribution in [-0.2, 0) is 0 Å². The highest BCUT2D eigenvalue weighted by atomic mass is 16.5. The number of carbonyl (C=O) groups excluding carboxylic acids is 1. The third kappa shape index (κ3) is 4.17. The second kappa shape index (κ2) is 7.88. The van der Waals surface area contributed by atoms with Crippen LogP contribution in [-0.4, -0.2) is 42.4 Å². The van der Waals surface area contributed by atoms with Crippen LogP contribution in [0.3, 0.4) is 0 Å². The average Bonchev–Trinajstić information content (AvgIpc) is 2.63. The number of aromatic nitrogens is 1. The summed E-state index contributed by atoms with van der Waals surface area (Å²) in [6, 6.07) is 11.3. The van der Waals surface area contributed by atoms with Crippen molar-refractivity contribution in [1.29, 1.82) is 0 Å². The molecule has 0 unspecified atom stereocenters. The van der Waals surface area contributed by atoms with Crippen LogP contribution in [0.25, 0.3) is 11.1 Å². The van der Waals surface area contributed by atoms with Crippen molar-refractivity contribution in [2.45, 2.75) is 19.3 Å². The smallest absolute Gasteiger partial charge is 0.213 e. The molecule has 0 atom stereocenters. The first kappa shape index (κ1) is 15.7. The van der Waals surface area contributed by atoms with Gasteiger partial charge in [0.05, 0.1) is 0 Å². The third-order valence-electron chi connectivity index (χ3n) is 4.24. The minimum Gasteiger partial charge on any atom is -0.476 e. The van der Waals surface area contributed by atoms with E-state index in [2.05, 4.69) is 9.88 Å². The zero-order valence-corrected chi connectivity index (χ0v) is 13.3. The van der Waals surface area contributed by atoms with Gasteiger partial charge in [0, 0.05) is 29.9 Å². The molecule has 0 radical (unpaired) electrons. The minimum atomic E-state index is 0.634. The number of likely N-dealkylation sites (tertiary alicyclic amines) is 1. The first-order valence-corrected chi connectivity index (χ1v) is 8.22. The molecule has 2 aromatic rings. The Balaban J connectivity index is 1.57. The topological polar surface area (TPSA) is 42.4 Å². The van der Waals surface area contributed by atoms with Crippen LogP contribution < -0.4 is 4.74 Å². The molecule has 120 valence electrons. The van der Waals surface area contributed by atoms with E-state index < -0.39 is 0 Å². The van der Waals surface area contributed by atoms with Crippen LogP contribution in [0.4, 0.5) is 0 Å². The number of hydrogen-bond acceptors (Lipinski definition) is 4. The predicted molar refractivity (Wildman–Crippen MR) is 90.8 cm³/mol. The van der Waals surface area contributed by atoms with Gasteiger partial charge in [0.1, 0.15) is 6.61 Å². The molecule has 1 aromatic heterocycles. The predicted octanol–water partition coefficient (Wildman–Crippen LogP) is 3.43. The summed E-state index contributed by atoms with van der Waals surface area (Å²) in [4.78, 5) is 17.9. The van der Waals surface area contributed by atoms with Gasteiger partial charge in [0.25, 0.3) is 0 Å². The number of hydrogen-bond donors (Lipinski definition) is 0. The van der Waals surface area contributed by atoms with Gasteiger partial charge in [-0.05, 0) is 37.6 Å². The maximum Gasteiger partial charge on any atom is 0.213 e. The fourth-order valence-electron chi connectivity index (χ4n) is 2.95. The van der Waals surface area contributed by atoms with Crippen molar-refractivity contribution in [3.8, 4) is 17.0 Å². The normalized spacial score (nSPS) is 15.3. The average molecular weight is 310 g/mol. The highest BCUT2D eigenvalue weighted by Crippen LogP contribution is 2.23. The lowest BCUT2D eigenvalue weighted by molar-refractivity contribution is 0.112. The van der Waals surface area contributed by atoms with Gasteiger partial charge in [-0.25, -0.2) is 4.98 Å². The molecule has 0 bridgehead atoms.